The second kappa shape index (κ2) is 7.07. The molecule has 1 aromatic carbocycles. The van der Waals surface area contributed by atoms with Crippen molar-refractivity contribution in [2.75, 3.05) is 13.7 Å². The number of hydrogen-bond donors (Lipinski definition) is 1. The molecule has 5 heteroatoms. The fourth-order valence-corrected chi connectivity index (χ4v) is 3.19. The van der Waals surface area contributed by atoms with Crippen molar-refractivity contribution >= 4 is 22.9 Å². The van der Waals surface area contributed by atoms with Gasteiger partial charge >= 0.3 is 0 Å². The highest BCUT2D eigenvalue weighted by Gasteiger charge is 2.18. The van der Waals surface area contributed by atoms with E-state index in [4.69, 9.17) is 16.3 Å². The Morgan fingerprint density at radius 3 is 2.85 bits per heavy atom. The van der Waals surface area contributed by atoms with Crippen molar-refractivity contribution in [3.63, 3.8) is 0 Å². The summed E-state index contributed by atoms with van der Waals surface area (Å²) in [5, 5.41) is 7.41. The quantitative estimate of drug-likeness (QED) is 0.875. The van der Waals surface area contributed by atoms with Crippen molar-refractivity contribution in [3.05, 3.63) is 44.9 Å². The van der Waals surface area contributed by atoms with Crippen LogP contribution < -0.4 is 10.1 Å². The number of methoxy groups -OCH3 is 1. The van der Waals surface area contributed by atoms with Gasteiger partial charge in [0.25, 0.3) is 0 Å². The first-order valence-electron chi connectivity index (χ1n) is 6.61. The third-order valence-electron chi connectivity index (χ3n) is 3.06. The summed E-state index contributed by atoms with van der Waals surface area (Å²) in [6.07, 6.45) is 0.836. The number of rotatable bonds is 6. The van der Waals surface area contributed by atoms with Crippen LogP contribution in [0.5, 0.6) is 5.75 Å². The van der Waals surface area contributed by atoms with Gasteiger partial charge in [0.1, 0.15) is 5.75 Å². The SMILES string of the molecule is CCNC(Cc1nc(C)cs1)c1cc(Cl)ccc1OC. The Balaban J connectivity index is 2.30. The minimum Gasteiger partial charge on any atom is -0.496 e. The zero-order valence-electron chi connectivity index (χ0n) is 11.9. The summed E-state index contributed by atoms with van der Waals surface area (Å²) in [5.41, 5.74) is 2.15. The number of hydrogen-bond acceptors (Lipinski definition) is 4. The number of nitrogens with zero attached hydrogens (tertiary/aromatic N) is 1. The Bertz CT molecular complexity index is 571. The van der Waals surface area contributed by atoms with Gasteiger partial charge in [0.05, 0.1) is 12.1 Å². The minimum absolute atomic E-state index is 0.152. The first-order valence-corrected chi connectivity index (χ1v) is 7.87. The van der Waals surface area contributed by atoms with Gasteiger partial charge in [0.15, 0.2) is 0 Å². The van der Waals surface area contributed by atoms with Crippen molar-refractivity contribution in [2.24, 2.45) is 0 Å². The Labute approximate surface area is 129 Å². The highest BCUT2D eigenvalue weighted by atomic mass is 35.5. The molecule has 0 aliphatic heterocycles. The number of aryl methyl sites for hydroxylation is 1. The van der Waals surface area contributed by atoms with E-state index in [2.05, 4.69) is 22.6 Å². The summed E-state index contributed by atoms with van der Waals surface area (Å²) in [7, 11) is 1.68. The summed E-state index contributed by atoms with van der Waals surface area (Å²) in [6, 6.07) is 5.88. The topological polar surface area (TPSA) is 34.2 Å². The standard InChI is InChI=1S/C15H19ClN2OS/c1-4-17-13(8-15-18-10(2)9-20-15)12-7-11(16)5-6-14(12)19-3/h5-7,9,13,17H,4,8H2,1-3H3. The lowest BCUT2D eigenvalue weighted by atomic mass is 10.0. The second-order valence-electron chi connectivity index (χ2n) is 4.58. The molecule has 108 valence electrons. The predicted octanol–water partition coefficient (Wildman–Crippen LogP) is 4.01. The normalized spacial score (nSPS) is 12.4. The van der Waals surface area contributed by atoms with Crippen molar-refractivity contribution in [3.8, 4) is 5.75 Å². The minimum atomic E-state index is 0.152. The van der Waals surface area contributed by atoms with E-state index in [0.29, 0.717) is 0 Å². The first-order chi connectivity index (χ1) is 9.63. The molecular formula is C15H19ClN2OS. The lowest BCUT2D eigenvalue weighted by molar-refractivity contribution is 0.399. The number of aromatic nitrogens is 1. The van der Waals surface area contributed by atoms with Crippen LogP contribution in [0, 0.1) is 6.92 Å². The Morgan fingerprint density at radius 2 is 2.25 bits per heavy atom. The number of thiazole rings is 1. The van der Waals surface area contributed by atoms with E-state index in [-0.39, 0.29) is 6.04 Å². The molecule has 2 aromatic rings. The monoisotopic (exact) mass is 310 g/mol. The number of benzene rings is 1. The van der Waals surface area contributed by atoms with E-state index in [1.807, 2.05) is 25.1 Å². The number of likely N-dealkylation sites (N-methyl/N-ethyl adjacent to an activating group) is 1. The van der Waals surface area contributed by atoms with Crippen molar-refractivity contribution in [1.82, 2.24) is 10.3 Å². The van der Waals surface area contributed by atoms with Crippen molar-refractivity contribution in [1.29, 1.82) is 0 Å². The van der Waals surface area contributed by atoms with E-state index in [1.54, 1.807) is 18.4 Å². The zero-order chi connectivity index (χ0) is 14.5. The molecule has 0 spiro atoms. The van der Waals surface area contributed by atoms with Crippen LogP contribution in [0.25, 0.3) is 0 Å². The summed E-state index contributed by atoms with van der Waals surface area (Å²) in [5.74, 6) is 0.855. The van der Waals surface area contributed by atoms with Gasteiger partial charge in [-0.3, -0.25) is 0 Å². The average molecular weight is 311 g/mol. The van der Waals surface area contributed by atoms with Crippen LogP contribution in [0.1, 0.15) is 29.2 Å². The van der Waals surface area contributed by atoms with Gasteiger partial charge < -0.3 is 10.1 Å². The molecular weight excluding hydrogens is 292 g/mol. The number of halogens is 1. The van der Waals surface area contributed by atoms with Gasteiger partial charge in [0.2, 0.25) is 0 Å². The molecule has 0 fully saturated rings. The Hall–Kier alpha value is -1.10. The second-order valence-corrected chi connectivity index (χ2v) is 5.96. The van der Waals surface area contributed by atoms with Crippen LogP contribution in [-0.2, 0) is 6.42 Å². The molecule has 1 aromatic heterocycles. The van der Waals surface area contributed by atoms with Crippen LogP contribution in [0.2, 0.25) is 5.02 Å². The lowest BCUT2D eigenvalue weighted by Gasteiger charge is -2.20. The highest BCUT2D eigenvalue weighted by molar-refractivity contribution is 7.09. The third kappa shape index (κ3) is 3.72. The molecule has 0 saturated heterocycles. The van der Waals surface area contributed by atoms with Crippen LogP contribution in [0.4, 0.5) is 0 Å². The van der Waals surface area contributed by atoms with Gasteiger partial charge in [0, 0.05) is 34.1 Å². The molecule has 0 radical (unpaired) electrons. The maximum atomic E-state index is 6.13. The smallest absolute Gasteiger partial charge is 0.123 e. The maximum absolute atomic E-state index is 6.13. The van der Waals surface area contributed by atoms with Gasteiger partial charge in [-0.15, -0.1) is 11.3 Å². The van der Waals surface area contributed by atoms with Crippen molar-refractivity contribution in [2.45, 2.75) is 26.3 Å². The Kier molecular flexibility index (Phi) is 5.40. The number of nitrogens with one attached hydrogen (secondary N) is 1. The molecule has 0 bridgehead atoms. The van der Waals surface area contributed by atoms with Crippen LogP contribution in [-0.4, -0.2) is 18.6 Å². The molecule has 1 heterocycles. The fraction of sp³-hybridized carbons (Fsp3) is 0.400. The van der Waals surface area contributed by atoms with Gasteiger partial charge in [-0.05, 0) is 31.7 Å². The molecule has 1 unspecified atom stereocenters. The largest absolute Gasteiger partial charge is 0.496 e. The van der Waals surface area contributed by atoms with E-state index in [0.717, 1.165) is 40.0 Å². The van der Waals surface area contributed by atoms with E-state index >= 15 is 0 Å². The van der Waals surface area contributed by atoms with Crippen molar-refractivity contribution < 1.29 is 4.74 Å². The summed E-state index contributed by atoms with van der Waals surface area (Å²) < 4.78 is 5.45. The Morgan fingerprint density at radius 1 is 1.45 bits per heavy atom. The van der Waals surface area contributed by atoms with E-state index < -0.39 is 0 Å². The molecule has 0 aliphatic rings. The zero-order valence-corrected chi connectivity index (χ0v) is 13.5. The maximum Gasteiger partial charge on any atom is 0.123 e. The average Bonchev–Trinajstić information content (AvgIpc) is 2.84. The molecule has 0 saturated carbocycles. The molecule has 1 atom stereocenters. The van der Waals surface area contributed by atoms with Gasteiger partial charge in [-0.2, -0.15) is 0 Å². The molecule has 3 nitrogen and oxygen atoms in total. The molecule has 0 amide bonds. The van der Waals surface area contributed by atoms with Gasteiger partial charge in [-0.25, -0.2) is 4.98 Å². The van der Waals surface area contributed by atoms with Gasteiger partial charge in [-0.1, -0.05) is 18.5 Å². The lowest BCUT2D eigenvalue weighted by Crippen LogP contribution is -2.23. The number of ether oxygens (including phenoxy) is 1. The molecule has 1 N–H and O–H groups in total. The van der Waals surface area contributed by atoms with Crippen LogP contribution >= 0.6 is 22.9 Å². The summed E-state index contributed by atoms with van der Waals surface area (Å²) in [4.78, 5) is 4.54. The third-order valence-corrected chi connectivity index (χ3v) is 4.29. The van der Waals surface area contributed by atoms with Crippen LogP contribution in [0.15, 0.2) is 23.6 Å². The van der Waals surface area contributed by atoms with Crippen LogP contribution in [0.3, 0.4) is 0 Å². The summed E-state index contributed by atoms with van der Waals surface area (Å²) in [6.45, 7) is 4.99. The molecule has 20 heavy (non-hydrogen) atoms. The van der Waals surface area contributed by atoms with E-state index in [1.165, 1.54) is 0 Å². The van der Waals surface area contributed by atoms with E-state index in [9.17, 15) is 0 Å². The molecule has 0 aliphatic carbocycles. The first kappa shape index (κ1) is 15.3. The highest BCUT2D eigenvalue weighted by Crippen LogP contribution is 2.31. The fourth-order valence-electron chi connectivity index (χ4n) is 2.19. The molecule has 2 rings (SSSR count). The summed E-state index contributed by atoms with van der Waals surface area (Å²) >= 11 is 7.82. The predicted molar refractivity (Wildman–Crippen MR) is 85.0 cm³/mol.